The summed E-state index contributed by atoms with van der Waals surface area (Å²) >= 11 is 0. The van der Waals surface area contributed by atoms with Gasteiger partial charge < -0.3 is 5.32 Å². The molecule has 1 saturated carbocycles. The summed E-state index contributed by atoms with van der Waals surface area (Å²) < 4.78 is 1.76. The van der Waals surface area contributed by atoms with Gasteiger partial charge in [0.2, 0.25) is 5.91 Å². The van der Waals surface area contributed by atoms with Crippen LogP contribution in [0.5, 0.6) is 0 Å². The Morgan fingerprint density at radius 1 is 1.00 bits per heavy atom. The van der Waals surface area contributed by atoms with Gasteiger partial charge in [-0.15, -0.1) is 5.10 Å². The van der Waals surface area contributed by atoms with Gasteiger partial charge in [0.15, 0.2) is 0 Å². The Hall–Kier alpha value is -3.54. The number of carbonyl (C=O) groups is 1. The molecule has 2 heterocycles. The van der Waals surface area contributed by atoms with Crippen LogP contribution in [-0.2, 0) is 4.79 Å². The SMILES string of the molecule is O=C(Nc1ccc(-n2cc(-c3ccccc3)nn2)c2cccnc12)C1CCCC1. The number of anilines is 1. The van der Waals surface area contributed by atoms with E-state index in [1.807, 2.05) is 60.8 Å². The molecule has 1 N–H and O–H groups in total. The van der Waals surface area contributed by atoms with E-state index >= 15 is 0 Å². The van der Waals surface area contributed by atoms with Crippen LogP contribution in [0.15, 0.2) is 67.0 Å². The van der Waals surface area contributed by atoms with Crippen LogP contribution in [0.4, 0.5) is 5.69 Å². The molecule has 0 aliphatic heterocycles. The second-order valence-corrected chi connectivity index (χ2v) is 7.42. The van der Waals surface area contributed by atoms with Gasteiger partial charge in [-0.25, -0.2) is 4.68 Å². The van der Waals surface area contributed by atoms with Crippen LogP contribution in [0.25, 0.3) is 27.8 Å². The third-order valence-electron chi connectivity index (χ3n) is 5.54. The second kappa shape index (κ2) is 7.47. The molecule has 0 bridgehead atoms. The van der Waals surface area contributed by atoms with Crippen molar-refractivity contribution in [3.8, 4) is 16.9 Å². The average Bonchev–Trinajstić information content (AvgIpc) is 3.47. The molecule has 0 atom stereocenters. The maximum Gasteiger partial charge on any atom is 0.227 e. The fourth-order valence-electron chi connectivity index (χ4n) is 4.00. The van der Waals surface area contributed by atoms with Crippen LogP contribution in [0.2, 0.25) is 0 Å². The van der Waals surface area contributed by atoms with Gasteiger partial charge in [-0.05, 0) is 37.1 Å². The smallest absolute Gasteiger partial charge is 0.227 e. The fourth-order valence-corrected chi connectivity index (χ4v) is 4.00. The maximum absolute atomic E-state index is 12.6. The first-order valence-electron chi connectivity index (χ1n) is 9.96. The lowest BCUT2D eigenvalue weighted by atomic mass is 10.1. The minimum Gasteiger partial charge on any atom is -0.324 e. The highest BCUT2D eigenvalue weighted by molar-refractivity contribution is 6.03. The Morgan fingerprint density at radius 2 is 1.83 bits per heavy atom. The van der Waals surface area contributed by atoms with E-state index in [-0.39, 0.29) is 11.8 Å². The molecule has 29 heavy (non-hydrogen) atoms. The Bertz CT molecular complexity index is 1160. The lowest BCUT2D eigenvalue weighted by Crippen LogP contribution is -2.20. The van der Waals surface area contributed by atoms with E-state index in [2.05, 4.69) is 20.6 Å². The van der Waals surface area contributed by atoms with E-state index in [4.69, 9.17) is 0 Å². The van der Waals surface area contributed by atoms with Gasteiger partial charge in [0.25, 0.3) is 0 Å². The normalized spacial score (nSPS) is 14.3. The van der Waals surface area contributed by atoms with E-state index in [1.165, 1.54) is 0 Å². The number of nitrogens with zero attached hydrogens (tertiary/aromatic N) is 4. The third kappa shape index (κ3) is 3.38. The first kappa shape index (κ1) is 17.6. The van der Waals surface area contributed by atoms with Crippen molar-refractivity contribution in [2.24, 2.45) is 5.92 Å². The number of carbonyl (C=O) groups excluding carboxylic acids is 1. The topological polar surface area (TPSA) is 72.7 Å². The zero-order chi connectivity index (χ0) is 19.6. The molecule has 1 aliphatic carbocycles. The predicted octanol–water partition coefficient (Wildman–Crippen LogP) is 4.61. The van der Waals surface area contributed by atoms with E-state index < -0.39 is 0 Å². The molecule has 1 aliphatic rings. The molecule has 5 rings (SSSR count). The zero-order valence-corrected chi connectivity index (χ0v) is 16.0. The first-order valence-corrected chi connectivity index (χ1v) is 9.96. The summed E-state index contributed by atoms with van der Waals surface area (Å²) in [7, 11) is 0. The lowest BCUT2D eigenvalue weighted by Gasteiger charge is -2.13. The largest absolute Gasteiger partial charge is 0.324 e. The van der Waals surface area contributed by atoms with E-state index in [0.717, 1.165) is 59.2 Å². The van der Waals surface area contributed by atoms with Crippen molar-refractivity contribution in [3.63, 3.8) is 0 Å². The monoisotopic (exact) mass is 383 g/mol. The summed E-state index contributed by atoms with van der Waals surface area (Å²) in [6, 6.07) is 17.7. The summed E-state index contributed by atoms with van der Waals surface area (Å²) in [5.74, 6) is 0.200. The van der Waals surface area contributed by atoms with Gasteiger partial charge in [-0.1, -0.05) is 48.4 Å². The van der Waals surface area contributed by atoms with Crippen LogP contribution < -0.4 is 5.32 Å². The van der Waals surface area contributed by atoms with Gasteiger partial charge >= 0.3 is 0 Å². The lowest BCUT2D eigenvalue weighted by molar-refractivity contribution is -0.119. The quantitative estimate of drug-likeness (QED) is 0.558. The number of benzene rings is 2. The molecule has 0 spiro atoms. The number of nitrogens with one attached hydrogen (secondary N) is 1. The summed E-state index contributed by atoms with van der Waals surface area (Å²) in [6.45, 7) is 0. The number of pyridine rings is 1. The summed E-state index contributed by atoms with van der Waals surface area (Å²) in [6.07, 6.45) is 7.85. The maximum atomic E-state index is 12.6. The molecule has 0 unspecified atom stereocenters. The fraction of sp³-hybridized carbons (Fsp3) is 0.217. The summed E-state index contributed by atoms with van der Waals surface area (Å²) in [5, 5.41) is 12.6. The van der Waals surface area contributed by atoms with Crippen LogP contribution in [0.1, 0.15) is 25.7 Å². The third-order valence-corrected chi connectivity index (χ3v) is 5.54. The van der Waals surface area contributed by atoms with Crippen molar-refractivity contribution >= 4 is 22.5 Å². The van der Waals surface area contributed by atoms with Crippen LogP contribution in [0.3, 0.4) is 0 Å². The highest BCUT2D eigenvalue weighted by atomic mass is 16.1. The van der Waals surface area contributed by atoms with Crippen molar-refractivity contribution in [2.75, 3.05) is 5.32 Å². The minimum atomic E-state index is 0.0920. The molecule has 4 aromatic rings. The summed E-state index contributed by atoms with van der Waals surface area (Å²) in [5.41, 5.74) is 4.20. The molecular weight excluding hydrogens is 362 g/mol. The van der Waals surface area contributed by atoms with Crippen molar-refractivity contribution in [2.45, 2.75) is 25.7 Å². The number of rotatable bonds is 4. The van der Waals surface area contributed by atoms with Crippen LogP contribution in [-0.4, -0.2) is 25.9 Å². The highest BCUT2D eigenvalue weighted by Crippen LogP contribution is 2.30. The Kier molecular flexibility index (Phi) is 4.52. The Balaban J connectivity index is 1.51. The minimum absolute atomic E-state index is 0.0920. The van der Waals surface area contributed by atoms with Gasteiger partial charge in [-0.3, -0.25) is 9.78 Å². The number of aromatic nitrogens is 4. The predicted molar refractivity (Wildman–Crippen MR) is 113 cm³/mol. The highest BCUT2D eigenvalue weighted by Gasteiger charge is 2.23. The number of fused-ring (bicyclic) bond motifs is 1. The van der Waals surface area contributed by atoms with Crippen molar-refractivity contribution in [3.05, 3.63) is 67.0 Å². The Labute approximate surface area is 168 Å². The van der Waals surface area contributed by atoms with Crippen LogP contribution >= 0.6 is 0 Å². The zero-order valence-electron chi connectivity index (χ0n) is 16.0. The molecule has 1 amide bonds. The van der Waals surface area contributed by atoms with Gasteiger partial charge in [0.05, 0.1) is 23.1 Å². The molecular formula is C23H21N5O. The van der Waals surface area contributed by atoms with Crippen molar-refractivity contribution < 1.29 is 4.79 Å². The van der Waals surface area contributed by atoms with E-state index in [0.29, 0.717) is 0 Å². The molecule has 6 heteroatoms. The standard InChI is InChI=1S/C23H21N5O/c29-23(17-9-4-5-10-17)25-19-12-13-21(18-11-6-14-24-22(18)19)28-15-20(26-27-28)16-7-2-1-3-8-16/h1-3,6-8,11-15,17H,4-5,9-10H2,(H,25,29). The number of hydrogen-bond acceptors (Lipinski definition) is 4. The molecule has 0 radical (unpaired) electrons. The van der Waals surface area contributed by atoms with Gasteiger partial charge in [0.1, 0.15) is 5.69 Å². The molecule has 6 nitrogen and oxygen atoms in total. The molecule has 0 saturated heterocycles. The first-order chi connectivity index (χ1) is 14.3. The number of hydrogen-bond donors (Lipinski definition) is 1. The number of amides is 1. The van der Waals surface area contributed by atoms with Crippen molar-refractivity contribution in [1.82, 2.24) is 20.0 Å². The molecule has 144 valence electrons. The van der Waals surface area contributed by atoms with Gasteiger partial charge in [0, 0.05) is 23.1 Å². The summed E-state index contributed by atoms with van der Waals surface area (Å²) in [4.78, 5) is 17.1. The van der Waals surface area contributed by atoms with Gasteiger partial charge in [-0.2, -0.15) is 0 Å². The second-order valence-electron chi connectivity index (χ2n) is 7.42. The Morgan fingerprint density at radius 3 is 2.66 bits per heavy atom. The average molecular weight is 383 g/mol. The molecule has 2 aromatic heterocycles. The van der Waals surface area contributed by atoms with Crippen molar-refractivity contribution in [1.29, 1.82) is 0 Å². The van der Waals surface area contributed by atoms with E-state index in [1.54, 1.807) is 10.9 Å². The molecule has 2 aromatic carbocycles. The molecule has 1 fully saturated rings. The van der Waals surface area contributed by atoms with E-state index in [9.17, 15) is 4.79 Å². The van der Waals surface area contributed by atoms with Crippen LogP contribution in [0, 0.1) is 5.92 Å².